The number of rotatable bonds is 4. The molecule has 0 aromatic carbocycles. The van der Waals surface area contributed by atoms with Crippen LogP contribution in [0.1, 0.15) is 56.4 Å². The molecule has 2 aliphatic heterocycles. The van der Waals surface area contributed by atoms with Crippen molar-refractivity contribution in [2.45, 2.75) is 46.0 Å². The van der Waals surface area contributed by atoms with Crippen LogP contribution in [0.4, 0.5) is 0 Å². The number of nitrogens with zero attached hydrogens (tertiary/aromatic N) is 2. The molecule has 0 bridgehead atoms. The Morgan fingerprint density at radius 3 is 2.76 bits per heavy atom. The van der Waals surface area contributed by atoms with Gasteiger partial charge < -0.3 is 19.8 Å². The molecule has 0 radical (unpaired) electrons. The Kier molecular flexibility index (Phi) is 5.01. The van der Waals surface area contributed by atoms with Crippen molar-refractivity contribution in [1.82, 2.24) is 19.8 Å². The minimum Gasteiger partial charge on any atom is -0.342 e. The highest BCUT2D eigenvalue weighted by Crippen LogP contribution is 2.39. The summed E-state index contributed by atoms with van der Waals surface area (Å²) in [6.45, 7) is 7.24. The van der Waals surface area contributed by atoms with E-state index in [1.54, 1.807) is 0 Å². The Morgan fingerprint density at radius 1 is 1.28 bits per heavy atom. The fourth-order valence-corrected chi connectivity index (χ4v) is 4.05. The lowest BCUT2D eigenvalue weighted by molar-refractivity contribution is -0.139. The molecule has 7 nitrogen and oxygen atoms in total. The van der Waals surface area contributed by atoms with Crippen LogP contribution in [0.15, 0.2) is 11.0 Å². The van der Waals surface area contributed by atoms with Crippen LogP contribution in [0, 0.1) is 11.3 Å². The van der Waals surface area contributed by atoms with E-state index in [9.17, 15) is 14.4 Å². The van der Waals surface area contributed by atoms with Gasteiger partial charge in [-0.2, -0.15) is 0 Å². The molecule has 2 N–H and O–H groups in total. The Labute approximate surface area is 147 Å². The van der Waals surface area contributed by atoms with E-state index in [-0.39, 0.29) is 22.9 Å². The molecule has 1 atom stereocenters. The van der Waals surface area contributed by atoms with Gasteiger partial charge in [0, 0.05) is 44.2 Å². The number of piperidine rings is 2. The highest BCUT2D eigenvalue weighted by Gasteiger charge is 2.42. The van der Waals surface area contributed by atoms with E-state index in [0.717, 1.165) is 38.8 Å². The van der Waals surface area contributed by atoms with Crippen molar-refractivity contribution in [3.05, 3.63) is 22.4 Å². The molecule has 0 aliphatic carbocycles. The average Bonchev–Trinajstić information content (AvgIpc) is 3.02. The summed E-state index contributed by atoms with van der Waals surface area (Å²) in [6.07, 6.45) is 5.84. The first-order valence-electron chi connectivity index (χ1n) is 9.23. The Hall–Kier alpha value is -2.05. The van der Waals surface area contributed by atoms with Crippen molar-refractivity contribution in [3.63, 3.8) is 0 Å². The number of carbonyl (C=O) groups is 2. The largest absolute Gasteiger partial charge is 0.342 e. The highest BCUT2D eigenvalue weighted by molar-refractivity contribution is 5.92. The first-order chi connectivity index (χ1) is 11.9. The zero-order chi connectivity index (χ0) is 18.0. The van der Waals surface area contributed by atoms with Crippen LogP contribution in [0.25, 0.3) is 0 Å². The molecule has 25 heavy (non-hydrogen) atoms. The standard InChI is InChI=1S/C18H28N4O3/c1-13(2)5-9-21-11-18(7-4-15(21)23)6-3-8-22(12-18)16(24)14-10-19-17(25)20-14/h10,13H,3-9,11-12H2,1-2H3,(H2,19,20,25)/t18-/m1/s1. The van der Waals surface area contributed by atoms with Crippen molar-refractivity contribution in [1.29, 1.82) is 0 Å². The number of likely N-dealkylation sites (tertiary alicyclic amines) is 2. The van der Waals surface area contributed by atoms with Gasteiger partial charge in [0.1, 0.15) is 5.69 Å². The summed E-state index contributed by atoms with van der Waals surface area (Å²) in [5.74, 6) is 0.674. The van der Waals surface area contributed by atoms with Gasteiger partial charge in [0.2, 0.25) is 5.91 Å². The van der Waals surface area contributed by atoms with E-state index in [1.807, 2.05) is 9.80 Å². The number of hydrogen-bond acceptors (Lipinski definition) is 3. The summed E-state index contributed by atoms with van der Waals surface area (Å²) in [5, 5.41) is 0. The molecule has 2 saturated heterocycles. The second-order valence-corrected chi connectivity index (χ2v) is 7.98. The van der Waals surface area contributed by atoms with Gasteiger partial charge in [0.25, 0.3) is 5.91 Å². The van der Waals surface area contributed by atoms with Gasteiger partial charge in [-0.25, -0.2) is 4.79 Å². The molecular weight excluding hydrogens is 320 g/mol. The lowest BCUT2D eigenvalue weighted by atomic mass is 9.73. The van der Waals surface area contributed by atoms with E-state index >= 15 is 0 Å². The van der Waals surface area contributed by atoms with Gasteiger partial charge >= 0.3 is 5.69 Å². The van der Waals surface area contributed by atoms with Crippen LogP contribution in [-0.4, -0.2) is 57.8 Å². The summed E-state index contributed by atoms with van der Waals surface area (Å²) in [5.41, 5.74) is -0.0566. The van der Waals surface area contributed by atoms with E-state index in [2.05, 4.69) is 23.8 Å². The van der Waals surface area contributed by atoms with Gasteiger partial charge in [-0.3, -0.25) is 9.59 Å². The van der Waals surface area contributed by atoms with Crippen LogP contribution in [0.5, 0.6) is 0 Å². The van der Waals surface area contributed by atoms with Crippen LogP contribution >= 0.6 is 0 Å². The molecule has 3 heterocycles. The number of aromatic amines is 2. The third kappa shape index (κ3) is 3.96. The molecule has 1 aromatic heterocycles. The highest BCUT2D eigenvalue weighted by atomic mass is 16.2. The van der Waals surface area contributed by atoms with Crippen LogP contribution in [0.2, 0.25) is 0 Å². The Morgan fingerprint density at radius 2 is 2.08 bits per heavy atom. The SMILES string of the molecule is CC(C)CCN1C[C@@]2(CCCN(C(=O)c3c[nH]c(=O)[nH]3)C2)CCC1=O. The minimum atomic E-state index is -0.363. The fraction of sp³-hybridized carbons (Fsp3) is 0.722. The predicted molar refractivity (Wildman–Crippen MR) is 94.3 cm³/mol. The topological polar surface area (TPSA) is 89.3 Å². The monoisotopic (exact) mass is 348 g/mol. The summed E-state index contributed by atoms with van der Waals surface area (Å²) < 4.78 is 0. The van der Waals surface area contributed by atoms with Crippen molar-refractivity contribution in [3.8, 4) is 0 Å². The predicted octanol–water partition coefficient (Wildman–Crippen LogP) is 1.59. The van der Waals surface area contributed by atoms with Crippen LogP contribution in [-0.2, 0) is 4.79 Å². The van der Waals surface area contributed by atoms with E-state index < -0.39 is 0 Å². The number of carbonyl (C=O) groups excluding carboxylic acids is 2. The average molecular weight is 348 g/mol. The van der Waals surface area contributed by atoms with Gasteiger partial charge in [0.15, 0.2) is 0 Å². The van der Waals surface area contributed by atoms with E-state index in [0.29, 0.717) is 31.1 Å². The molecule has 2 aliphatic rings. The molecule has 3 rings (SSSR count). The van der Waals surface area contributed by atoms with E-state index in [4.69, 9.17) is 0 Å². The maximum atomic E-state index is 12.7. The van der Waals surface area contributed by atoms with E-state index in [1.165, 1.54) is 6.20 Å². The van der Waals surface area contributed by atoms with Crippen LogP contribution < -0.4 is 5.69 Å². The van der Waals surface area contributed by atoms with Crippen molar-refractivity contribution < 1.29 is 9.59 Å². The summed E-state index contributed by atoms with van der Waals surface area (Å²) in [6, 6.07) is 0. The summed E-state index contributed by atoms with van der Waals surface area (Å²) >= 11 is 0. The quantitative estimate of drug-likeness (QED) is 0.866. The molecule has 138 valence electrons. The Balaban J connectivity index is 1.69. The lowest BCUT2D eigenvalue weighted by Crippen LogP contribution is -2.55. The Bertz CT molecular complexity index is 692. The van der Waals surface area contributed by atoms with Crippen LogP contribution in [0.3, 0.4) is 0 Å². The number of aromatic nitrogens is 2. The molecule has 0 unspecified atom stereocenters. The molecule has 1 spiro atoms. The number of amides is 2. The first kappa shape index (κ1) is 17.8. The first-order valence-corrected chi connectivity index (χ1v) is 9.23. The van der Waals surface area contributed by atoms with Crippen molar-refractivity contribution in [2.24, 2.45) is 11.3 Å². The summed E-state index contributed by atoms with van der Waals surface area (Å²) in [7, 11) is 0. The molecule has 2 amide bonds. The number of hydrogen-bond donors (Lipinski definition) is 2. The van der Waals surface area contributed by atoms with Gasteiger partial charge in [-0.1, -0.05) is 13.8 Å². The number of H-pyrrole nitrogens is 2. The molecular formula is C18H28N4O3. The van der Waals surface area contributed by atoms with Crippen molar-refractivity contribution >= 4 is 11.8 Å². The maximum Gasteiger partial charge on any atom is 0.323 e. The number of nitrogens with one attached hydrogen (secondary N) is 2. The van der Waals surface area contributed by atoms with Gasteiger partial charge in [-0.05, 0) is 31.6 Å². The normalized spacial score (nSPS) is 24.4. The smallest absolute Gasteiger partial charge is 0.323 e. The molecule has 2 fully saturated rings. The van der Waals surface area contributed by atoms with Gasteiger partial charge in [0.05, 0.1) is 0 Å². The minimum absolute atomic E-state index is 0.00456. The fourth-order valence-electron chi connectivity index (χ4n) is 4.05. The lowest BCUT2D eigenvalue weighted by Gasteiger charge is -2.48. The molecule has 7 heteroatoms. The summed E-state index contributed by atoms with van der Waals surface area (Å²) in [4.78, 5) is 45.0. The third-order valence-electron chi connectivity index (χ3n) is 5.50. The second kappa shape index (κ2) is 7.06. The molecule has 0 saturated carbocycles. The zero-order valence-corrected chi connectivity index (χ0v) is 15.1. The van der Waals surface area contributed by atoms with Gasteiger partial charge in [-0.15, -0.1) is 0 Å². The van der Waals surface area contributed by atoms with Crippen molar-refractivity contribution in [2.75, 3.05) is 26.2 Å². The number of imidazole rings is 1. The third-order valence-corrected chi connectivity index (χ3v) is 5.50. The maximum absolute atomic E-state index is 12.7. The second-order valence-electron chi connectivity index (χ2n) is 7.98. The molecule has 1 aromatic rings. The zero-order valence-electron chi connectivity index (χ0n) is 15.1.